The van der Waals surface area contributed by atoms with Gasteiger partial charge >= 0.3 is 0 Å². The molecule has 0 saturated carbocycles. The highest BCUT2D eigenvalue weighted by Crippen LogP contribution is 2.19. The molecule has 2 rings (SSSR count). The zero-order valence-electron chi connectivity index (χ0n) is 17.9. The van der Waals surface area contributed by atoms with E-state index in [-0.39, 0.29) is 6.61 Å². The van der Waals surface area contributed by atoms with Crippen LogP contribution in [0.2, 0.25) is 0 Å². The van der Waals surface area contributed by atoms with Gasteiger partial charge in [0.15, 0.2) is 5.82 Å². The minimum absolute atomic E-state index is 0.169. The fraction of sp³-hybridized carbons (Fsp3) is 0.583. The Labute approximate surface area is 174 Å². The van der Waals surface area contributed by atoms with Crippen LogP contribution in [-0.2, 0) is 11.2 Å². The number of hydrogen-bond acceptors (Lipinski definition) is 4. The molecule has 1 aromatic heterocycles. The predicted octanol–water partition coefficient (Wildman–Crippen LogP) is 6.19. The van der Waals surface area contributed by atoms with Gasteiger partial charge in [0.25, 0.3) is 0 Å². The largest absolute Gasteiger partial charge is 0.494 e. The predicted molar refractivity (Wildman–Crippen MR) is 116 cm³/mol. The van der Waals surface area contributed by atoms with Crippen LogP contribution in [0.25, 0.3) is 11.4 Å². The lowest BCUT2D eigenvalue weighted by atomic mass is 10.1. The molecular weight excluding hydrogens is 367 g/mol. The Balaban J connectivity index is 1.69. The van der Waals surface area contributed by atoms with Crippen LogP contribution >= 0.6 is 0 Å². The lowest BCUT2D eigenvalue weighted by Crippen LogP contribution is -2.11. The van der Waals surface area contributed by atoms with Crippen molar-refractivity contribution >= 4 is 0 Å². The standard InChI is InChI=1S/C24H35FN2O2/c1-3-5-6-7-8-10-20-17-26-24(27-18-20)21-11-13-23(14-12-21)29-16-9-15-28-19-22(25)4-2/h11-14,17-18,22H,3-10,15-16,19H2,1-2H3. The summed E-state index contributed by atoms with van der Waals surface area (Å²) in [4.78, 5) is 9.02. The zero-order valence-corrected chi connectivity index (χ0v) is 17.9. The van der Waals surface area contributed by atoms with Crippen LogP contribution in [0.1, 0.15) is 64.4 Å². The third-order valence-electron chi connectivity index (χ3n) is 4.83. The van der Waals surface area contributed by atoms with E-state index in [0.717, 1.165) is 30.0 Å². The zero-order chi connectivity index (χ0) is 20.7. The normalized spacial score (nSPS) is 12.1. The van der Waals surface area contributed by atoms with E-state index < -0.39 is 6.17 Å². The van der Waals surface area contributed by atoms with E-state index in [1.165, 1.54) is 37.7 Å². The summed E-state index contributed by atoms with van der Waals surface area (Å²) >= 11 is 0. The second-order valence-corrected chi connectivity index (χ2v) is 7.39. The van der Waals surface area contributed by atoms with Gasteiger partial charge in [0.2, 0.25) is 0 Å². The SMILES string of the molecule is CCCCCCCc1cnc(-c2ccc(OCCCOCC(F)CC)cc2)nc1. The van der Waals surface area contributed by atoms with Crippen molar-refractivity contribution < 1.29 is 13.9 Å². The lowest BCUT2D eigenvalue weighted by molar-refractivity contribution is 0.0712. The van der Waals surface area contributed by atoms with Gasteiger partial charge in [-0.3, -0.25) is 0 Å². The summed E-state index contributed by atoms with van der Waals surface area (Å²) in [5, 5.41) is 0. The summed E-state index contributed by atoms with van der Waals surface area (Å²) in [5.41, 5.74) is 2.18. The first-order valence-electron chi connectivity index (χ1n) is 11.0. The van der Waals surface area contributed by atoms with Crippen molar-refractivity contribution in [3.8, 4) is 17.1 Å². The Morgan fingerprint density at radius 3 is 2.31 bits per heavy atom. The maximum absolute atomic E-state index is 13.0. The minimum Gasteiger partial charge on any atom is -0.494 e. The van der Waals surface area contributed by atoms with E-state index in [4.69, 9.17) is 9.47 Å². The number of rotatable bonds is 15. The second kappa shape index (κ2) is 14.0. The van der Waals surface area contributed by atoms with Crippen LogP contribution in [-0.4, -0.2) is 36.0 Å². The molecule has 0 aliphatic heterocycles. The molecule has 2 aromatic rings. The Morgan fingerprint density at radius 2 is 1.62 bits per heavy atom. The van der Waals surface area contributed by atoms with Gasteiger partial charge in [0, 0.05) is 31.0 Å². The van der Waals surface area contributed by atoms with Crippen molar-refractivity contribution in [2.24, 2.45) is 0 Å². The molecule has 29 heavy (non-hydrogen) atoms. The van der Waals surface area contributed by atoms with Crippen LogP contribution in [0.5, 0.6) is 5.75 Å². The Hall–Kier alpha value is -2.01. The van der Waals surface area contributed by atoms with Gasteiger partial charge in [0.1, 0.15) is 11.9 Å². The number of hydrogen-bond donors (Lipinski definition) is 0. The van der Waals surface area contributed by atoms with E-state index in [1.54, 1.807) is 0 Å². The Kier molecular flexibility index (Phi) is 11.3. The molecule has 0 N–H and O–H groups in total. The van der Waals surface area contributed by atoms with Gasteiger partial charge in [-0.05, 0) is 49.1 Å². The lowest BCUT2D eigenvalue weighted by Gasteiger charge is -2.09. The van der Waals surface area contributed by atoms with E-state index in [0.29, 0.717) is 19.6 Å². The molecule has 0 aliphatic carbocycles. The molecule has 4 nitrogen and oxygen atoms in total. The van der Waals surface area contributed by atoms with Crippen LogP contribution in [0.4, 0.5) is 4.39 Å². The summed E-state index contributed by atoms with van der Waals surface area (Å²) in [5.74, 6) is 1.53. The summed E-state index contributed by atoms with van der Waals surface area (Å²) in [6.07, 6.45) is 11.7. The molecule has 1 aromatic carbocycles. The first-order valence-corrected chi connectivity index (χ1v) is 11.0. The maximum atomic E-state index is 13.0. The van der Waals surface area contributed by atoms with Gasteiger partial charge < -0.3 is 9.47 Å². The van der Waals surface area contributed by atoms with Crippen molar-refractivity contribution in [2.75, 3.05) is 19.8 Å². The topological polar surface area (TPSA) is 44.2 Å². The number of unbranched alkanes of at least 4 members (excludes halogenated alkanes) is 4. The highest BCUT2D eigenvalue weighted by Gasteiger charge is 2.04. The third-order valence-corrected chi connectivity index (χ3v) is 4.83. The first kappa shape index (κ1) is 23.3. The summed E-state index contributed by atoms with van der Waals surface area (Å²) in [6, 6.07) is 7.80. The van der Waals surface area contributed by atoms with Gasteiger partial charge in [-0.1, -0.05) is 39.5 Å². The van der Waals surface area contributed by atoms with Crippen molar-refractivity contribution in [3.05, 3.63) is 42.2 Å². The van der Waals surface area contributed by atoms with Crippen LogP contribution in [0.15, 0.2) is 36.7 Å². The average Bonchev–Trinajstić information content (AvgIpc) is 2.76. The van der Waals surface area contributed by atoms with Crippen molar-refractivity contribution in [2.45, 2.75) is 71.4 Å². The molecule has 0 radical (unpaired) electrons. The molecule has 0 amide bonds. The van der Waals surface area contributed by atoms with Crippen LogP contribution < -0.4 is 4.74 Å². The molecule has 1 unspecified atom stereocenters. The number of alkyl halides is 1. The van der Waals surface area contributed by atoms with Gasteiger partial charge in [0.05, 0.1) is 13.2 Å². The number of benzene rings is 1. The van der Waals surface area contributed by atoms with Crippen molar-refractivity contribution in [1.82, 2.24) is 9.97 Å². The fourth-order valence-corrected chi connectivity index (χ4v) is 2.95. The highest BCUT2D eigenvalue weighted by atomic mass is 19.1. The van der Waals surface area contributed by atoms with E-state index in [9.17, 15) is 4.39 Å². The van der Waals surface area contributed by atoms with E-state index in [2.05, 4.69) is 16.9 Å². The second-order valence-electron chi connectivity index (χ2n) is 7.39. The highest BCUT2D eigenvalue weighted by molar-refractivity contribution is 5.55. The average molecular weight is 403 g/mol. The monoisotopic (exact) mass is 402 g/mol. The first-order chi connectivity index (χ1) is 14.2. The number of aromatic nitrogens is 2. The van der Waals surface area contributed by atoms with E-state index in [1.807, 2.05) is 43.6 Å². The molecule has 5 heteroatoms. The Morgan fingerprint density at radius 1 is 0.897 bits per heavy atom. The third kappa shape index (κ3) is 9.35. The number of ether oxygens (including phenoxy) is 2. The number of nitrogens with zero attached hydrogens (tertiary/aromatic N) is 2. The fourth-order valence-electron chi connectivity index (χ4n) is 2.95. The summed E-state index contributed by atoms with van der Waals surface area (Å²) in [6.45, 7) is 5.28. The molecule has 1 heterocycles. The molecule has 0 aliphatic rings. The molecule has 1 atom stereocenters. The van der Waals surface area contributed by atoms with Gasteiger partial charge in [-0.25, -0.2) is 14.4 Å². The van der Waals surface area contributed by atoms with Gasteiger partial charge in [-0.2, -0.15) is 0 Å². The maximum Gasteiger partial charge on any atom is 0.159 e. The summed E-state index contributed by atoms with van der Waals surface area (Å²) in [7, 11) is 0. The van der Waals surface area contributed by atoms with Crippen LogP contribution in [0.3, 0.4) is 0 Å². The molecule has 0 fully saturated rings. The molecule has 160 valence electrons. The molecular formula is C24H35FN2O2. The van der Waals surface area contributed by atoms with Gasteiger partial charge in [-0.15, -0.1) is 0 Å². The smallest absolute Gasteiger partial charge is 0.159 e. The number of aryl methyl sites for hydroxylation is 1. The Bertz CT molecular complexity index is 662. The van der Waals surface area contributed by atoms with E-state index >= 15 is 0 Å². The number of halogens is 1. The molecule has 0 spiro atoms. The van der Waals surface area contributed by atoms with Crippen molar-refractivity contribution in [1.29, 1.82) is 0 Å². The summed E-state index contributed by atoms with van der Waals surface area (Å²) < 4.78 is 24.0. The minimum atomic E-state index is -0.870. The van der Waals surface area contributed by atoms with Crippen LogP contribution in [0, 0.1) is 0 Å². The molecule has 0 bridgehead atoms. The molecule has 0 saturated heterocycles. The quantitative estimate of drug-likeness (QED) is 0.333. The van der Waals surface area contributed by atoms with Crippen molar-refractivity contribution in [3.63, 3.8) is 0 Å².